The average Bonchev–Trinajstić information content (AvgIpc) is 2.75. The van der Waals surface area contributed by atoms with Gasteiger partial charge >= 0.3 is 0 Å². The van der Waals surface area contributed by atoms with E-state index in [2.05, 4.69) is 10.6 Å². The van der Waals surface area contributed by atoms with E-state index in [0.29, 0.717) is 21.8 Å². The van der Waals surface area contributed by atoms with E-state index < -0.39 is 17.8 Å². The quantitative estimate of drug-likeness (QED) is 0.582. The Morgan fingerprint density at radius 3 is 2.16 bits per heavy atom. The Bertz CT molecular complexity index is 1150. The van der Waals surface area contributed by atoms with Crippen molar-refractivity contribution >= 4 is 41.1 Å². The number of nitrogens with one attached hydrogen (secondary N) is 2. The number of carbonyl (C=O) groups is 3. The van der Waals surface area contributed by atoms with Crippen molar-refractivity contribution < 1.29 is 19.5 Å². The molecule has 0 atom stereocenters. The normalized spacial score (nSPS) is 11.0. The number of carboxylic acids is 1. The zero-order valence-electron chi connectivity index (χ0n) is 16.5. The van der Waals surface area contributed by atoms with Gasteiger partial charge in [0, 0.05) is 16.3 Å². The van der Waals surface area contributed by atoms with E-state index in [1.807, 2.05) is 6.07 Å². The van der Waals surface area contributed by atoms with Crippen LogP contribution in [0.15, 0.2) is 78.5 Å². The molecule has 0 spiro atoms. The molecule has 0 aliphatic rings. The maximum Gasteiger partial charge on any atom is 0.272 e. The minimum atomic E-state index is -1.31. The fraction of sp³-hybridized carbons (Fsp3) is 0.0417. The topological polar surface area (TPSA) is 98.3 Å². The molecule has 0 fully saturated rings. The third-order valence-electron chi connectivity index (χ3n) is 4.44. The lowest BCUT2D eigenvalue weighted by Crippen LogP contribution is -2.31. The van der Waals surface area contributed by atoms with Crippen molar-refractivity contribution in [3.8, 4) is 0 Å². The number of amides is 2. The molecule has 31 heavy (non-hydrogen) atoms. The molecular weight excluding hydrogens is 416 g/mol. The summed E-state index contributed by atoms with van der Waals surface area (Å²) in [5.41, 5.74) is 2.23. The van der Waals surface area contributed by atoms with Gasteiger partial charge in [-0.25, -0.2) is 0 Å². The molecule has 3 aromatic rings. The Morgan fingerprint density at radius 2 is 1.55 bits per heavy atom. The largest absolute Gasteiger partial charge is 0.545 e. The smallest absolute Gasteiger partial charge is 0.272 e. The fourth-order valence-corrected chi connectivity index (χ4v) is 2.92. The van der Waals surface area contributed by atoms with Crippen LogP contribution >= 0.6 is 11.6 Å². The Labute approximate surface area is 184 Å². The summed E-state index contributed by atoms with van der Waals surface area (Å²) < 4.78 is 0. The van der Waals surface area contributed by atoms with Gasteiger partial charge in [-0.3, -0.25) is 9.59 Å². The molecule has 0 saturated heterocycles. The van der Waals surface area contributed by atoms with E-state index in [-0.39, 0.29) is 11.3 Å². The van der Waals surface area contributed by atoms with Gasteiger partial charge in [-0.1, -0.05) is 54.1 Å². The van der Waals surface area contributed by atoms with Gasteiger partial charge in [0.25, 0.3) is 11.8 Å². The molecule has 0 unspecified atom stereocenters. The monoisotopic (exact) mass is 433 g/mol. The summed E-state index contributed by atoms with van der Waals surface area (Å²) >= 11 is 5.92. The van der Waals surface area contributed by atoms with Crippen LogP contribution in [0.1, 0.15) is 31.8 Å². The zero-order valence-corrected chi connectivity index (χ0v) is 17.3. The number of aryl methyl sites for hydroxylation is 1. The summed E-state index contributed by atoms with van der Waals surface area (Å²) in [6.45, 7) is 1.80. The Balaban J connectivity index is 1.88. The van der Waals surface area contributed by atoms with Gasteiger partial charge in [-0.2, -0.15) is 0 Å². The summed E-state index contributed by atoms with van der Waals surface area (Å²) in [5, 5.41) is 16.7. The van der Waals surface area contributed by atoms with Gasteiger partial charge in [-0.15, -0.1) is 0 Å². The summed E-state index contributed by atoms with van der Waals surface area (Å²) in [6.07, 6.45) is 1.53. The van der Waals surface area contributed by atoms with Crippen LogP contribution in [0, 0.1) is 6.92 Å². The van der Waals surface area contributed by atoms with Crippen molar-refractivity contribution in [1.29, 1.82) is 0 Å². The van der Waals surface area contributed by atoms with E-state index in [0.717, 1.165) is 5.56 Å². The molecule has 0 aliphatic carbocycles. The molecule has 7 heteroatoms. The minimum absolute atomic E-state index is 0.0113. The summed E-state index contributed by atoms with van der Waals surface area (Å²) in [7, 11) is 0. The van der Waals surface area contributed by atoms with Crippen LogP contribution in [-0.4, -0.2) is 17.8 Å². The minimum Gasteiger partial charge on any atom is -0.545 e. The second-order valence-corrected chi connectivity index (χ2v) is 7.13. The first-order valence-electron chi connectivity index (χ1n) is 9.30. The number of rotatable bonds is 6. The fourth-order valence-electron chi connectivity index (χ4n) is 2.79. The molecule has 3 aromatic carbocycles. The van der Waals surface area contributed by atoms with Crippen LogP contribution in [0.2, 0.25) is 5.02 Å². The predicted molar refractivity (Wildman–Crippen MR) is 117 cm³/mol. The SMILES string of the molecule is Cc1ccccc1C(=O)N/C(=C/c1ccc(Cl)cc1)C(=O)Nc1ccc(C(=O)[O-])cc1. The Kier molecular flexibility index (Phi) is 6.85. The van der Waals surface area contributed by atoms with E-state index in [4.69, 9.17) is 11.6 Å². The number of hydrogen-bond acceptors (Lipinski definition) is 4. The van der Waals surface area contributed by atoms with Crippen LogP contribution in [0.4, 0.5) is 5.69 Å². The first-order valence-corrected chi connectivity index (χ1v) is 9.68. The van der Waals surface area contributed by atoms with Gasteiger partial charge in [0.15, 0.2) is 0 Å². The van der Waals surface area contributed by atoms with E-state index >= 15 is 0 Å². The molecule has 0 saturated carbocycles. The number of anilines is 1. The van der Waals surface area contributed by atoms with Crippen LogP contribution in [0.25, 0.3) is 6.08 Å². The highest BCUT2D eigenvalue weighted by molar-refractivity contribution is 6.30. The van der Waals surface area contributed by atoms with Crippen molar-refractivity contribution in [2.45, 2.75) is 6.92 Å². The Hall–Kier alpha value is -3.90. The molecule has 0 radical (unpaired) electrons. The van der Waals surface area contributed by atoms with Gasteiger partial charge in [0.1, 0.15) is 5.70 Å². The molecular formula is C24H18ClN2O4-. The predicted octanol–water partition coefficient (Wildman–Crippen LogP) is 3.42. The third-order valence-corrected chi connectivity index (χ3v) is 4.69. The number of aromatic carboxylic acids is 1. The van der Waals surface area contributed by atoms with Gasteiger partial charge in [0.05, 0.1) is 5.97 Å². The number of halogens is 1. The zero-order chi connectivity index (χ0) is 22.4. The maximum atomic E-state index is 12.9. The summed E-state index contributed by atoms with van der Waals surface area (Å²) in [6, 6.07) is 19.3. The molecule has 2 N–H and O–H groups in total. The molecule has 6 nitrogen and oxygen atoms in total. The van der Waals surface area contributed by atoms with Gasteiger partial charge in [-0.05, 0) is 60.0 Å². The van der Waals surface area contributed by atoms with Crippen molar-refractivity contribution in [3.05, 3.63) is 106 Å². The van der Waals surface area contributed by atoms with Crippen LogP contribution in [-0.2, 0) is 4.79 Å². The second kappa shape index (κ2) is 9.73. The van der Waals surface area contributed by atoms with Crippen LogP contribution in [0.3, 0.4) is 0 Å². The number of benzene rings is 3. The van der Waals surface area contributed by atoms with Crippen molar-refractivity contribution in [2.75, 3.05) is 5.32 Å². The lowest BCUT2D eigenvalue weighted by atomic mass is 10.1. The number of hydrogen-bond donors (Lipinski definition) is 2. The van der Waals surface area contributed by atoms with Crippen LogP contribution < -0.4 is 15.7 Å². The first-order chi connectivity index (χ1) is 14.8. The highest BCUT2D eigenvalue weighted by atomic mass is 35.5. The highest BCUT2D eigenvalue weighted by Gasteiger charge is 2.16. The van der Waals surface area contributed by atoms with E-state index in [1.54, 1.807) is 49.4 Å². The third kappa shape index (κ3) is 5.81. The molecule has 0 aliphatic heterocycles. The molecule has 3 rings (SSSR count). The lowest BCUT2D eigenvalue weighted by molar-refractivity contribution is -0.255. The van der Waals surface area contributed by atoms with Crippen molar-refractivity contribution in [3.63, 3.8) is 0 Å². The van der Waals surface area contributed by atoms with Gasteiger partial charge in [0.2, 0.25) is 0 Å². The molecule has 0 bridgehead atoms. The molecule has 2 amide bonds. The maximum absolute atomic E-state index is 12.9. The standard InChI is InChI=1S/C24H19ClN2O4/c1-15-4-2-3-5-20(15)22(28)27-21(14-16-6-10-18(25)11-7-16)23(29)26-19-12-8-17(9-13-19)24(30)31/h2-14H,1H3,(H,26,29)(H,27,28)(H,30,31)/p-1/b21-14+. The lowest BCUT2D eigenvalue weighted by Gasteiger charge is -2.13. The second-order valence-electron chi connectivity index (χ2n) is 6.70. The molecule has 0 heterocycles. The average molecular weight is 434 g/mol. The van der Waals surface area contributed by atoms with Crippen molar-refractivity contribution in [2.24, 2.45) is 0 Å². The van der Waals surface area contributed by atoms with Crippen LogP contribution in [0.5, 0.6) is 0 Å². The first kappa shape index (κ1) is 21.8. The Morgan fingerprint density at radius 1 is 0.903 bits per heavy atom. The van der Waals surface area contributed by atoms with E-state index in [9.17, 15) is 19.5 Å². The van der Waals surface area contributed by atoms with Gasteiger partial charge < -0.3 is 20.5 Å². The summed E-state index contributed by atoms with van der Waals surface area (Å²) in [5.74, 6) is -2.31. The molecule has 0 aromatic heterocycles. The highest BCUT2D eigenvalue weighted by Crippen LogP contribution is 2.15. The van der Waals surface area contributed by atoms with E-state index in [1.165, 1.54) is 30.3 Å². The summed E-state index contributed by atoms with van der Waals surface area (Å²) in [4.78, 5) is 36.6. The number of carboxylic acid groups (broad SMARTS) is 1. The number of carbonyl (C=O) groups excluding carboxylic acids is 3. The molecule has 156 valence electrons. The van der Waals surface area contributed by atoms with Crippen molar-refractivity contribution in [1.82, 2.24) is 5.32 Å².